The molecule has 2 aromatic carbocycles. The number of hydrogen-bond donors (Lipinski definition) is 3. The third-order valence-electron chi connectivity index (χ3n) is 4.18. The molecule has 0 heterocycles. The second-order valence-electron chi connectivity index (χ2n) is 7.68. The number of carbonyl (C=O) groups excluding carboxylic acids is 2. The van der Waals surface area contributed by atoms with Gasteiger partial charge in [-0.3, -0.25) is 25.8 Å². The fraction of sp³-hybridized carbons (Fsp3) is 0.318. The Morgan fingerprint density at radius 3 is 2.30 bits per heavy atom. The first-order valence-electron chi connectivity index (χ1n) is 9.56. The summed E-state index contributed by atoms with van der Waals surface area (Å²) in [6.45, 7) is 8.80. The predicted octanol–water partition coefficient (Wildman–Crippen LogP) is 4.48. The summed E-state index contributed by atoms with van der Waals surface area (Å²) in [6.07, 6.45) is 0.819. The smallest absolute Gasteiger partial charge is 0.269 e. The van der Waals surface area contributed by atoms with Crippen LogP contribution in [0, 0.1) is 0 Å². The van der Waals surface area contributed by atoms with Crippen molar-refractivity contribution in [3.8, 4) is 5.75 Å². The summed E-state index contributed by atoms with van der Waals surface area (Å²) in [7, 11) is 0. The molecule has 0 radical (unpaired) electrons. The first kappa shape index (κ1) is 23.8. The van der Waals surface area contributed by atoms with Crippen molar-refractivity contribution in [1.29, 1.82) is 0 Å². The van der Waals surface area contributed by atoms with Crippen molar-refractivity contribution in [1.82, 2.24) is 16.2 Å². The molecule has 0 spiro atoms. The van der Waals surface area contributed by atoms with E-state index in [1.54, 1.807) is 30.3 Å². The zero-order valence-electron chi connectivity index (χ0n) is 17.5. The molecule has 2 rings (SSSR count). The van der Waals surface area contributed by atoms with E-state index in [1.807, 2.05) is 19.1 Å². The van der Waals surface area contributed by atoms with Crippen molar-refractivity contribution in [3.05, 3.63) is 63.6 Å². The van der Waals surface area contributed by atoms with Gasteiger partial charge in [0.1, 0.15) is 5.75 Å². The third-order valence-corrected chi connectivity index (χ3v) is 4.88. The van der Waals surface area contributed by atoms with Crippen molar-refractivity contribution in [3.63, 3.8) is 0 Å². The summed E-state index contributed by atoms with van der Waals surface area (Å²) in [5.74, 6) is -0.339. The number of nitrogens with one attached hydrogen (secondary N) is 3. The van der Waals surface area contributed by atoms with E-state index in [2.05, 4.69) is 52.9 Å². The van der Waals surface area contributed by atoms with Gasteiger partial charge in [-0.2, -0.15) is 0 Å². The average molecular weight is 492 g/mol. The summed E-state index contributed by atoms with van der Waals surface area (Å²) < 4.78 is 6.36. The van der Waals surface area contributed by atoms with E-state index < -0.39 is 5.91 Å². The van der Waals surface area contributed by atoms with Gasteiger partial charge < -0.3 is 4.74 Å². The Kier molecular flexibility index (Phi) is 8.37. The van der Waals surface area contributed by atoms with Gasteiger partial charge >= 0.3 is 0 Å². The molecule has 0 saturated carbocycles. The van der Waals surface area contributed by atoms with E-state index in [-0.39, 0.29) is 16.4 Å². The Bertz CT molecular complexity index is 924. The van der Waals surface area contributed by atoms with Gasteiger partial charge in [-0.1, -0.05) is 55.8 Å². The average Bonchev–Trinajstić information content (AvgIpc) is 2.70. The lowest BCUT2D eigenvalue weighted by Gasteiger charge is -2.19. The Morgan fingerprint density at radius 2 is 1.70 bits per heavy atom. The predicted molar refractivity (Wildman–Crippen MR) is 126 cm³/mol. The second kappa shape index (κ2) is 10.5. The molecule has 0 aliphatic carbocycles. The van der Waals surface area contributed by atoms with Crippen LogP contribution in [-0.2, 0) is 5.41 Å². The molecule has 0 unspecified atom stereocenters. The van der Waals surface area contributed by atoms with Crippen molar-refractivity contribution in [2.45, 2.75) is 39.5 Å². The maximum Gasteiger partial charge on any atom is 0.269 e. The Balaban J connectivity index is 1.95. The van der Waals surface area contributed by atoms with Crippen LogP contribution in [0.2, 0.25) is 0 Å². The normalized spacial score (nSPS) is 10.8. The maximum absolute atomic E-state index is 12.6. The molecule has 0 aliphatic rings. The Labute approximate surface area is 190 Å². The van der Waals surface area contributed by atoms with Crippen molar-refractivity contribution < 1.29 is 14.3 Å². The van der Waals surface area contributed by atoms with E-state index >= 15 is 0 Å². The SMILES string of the molecule is CCCOc1ccc(Br)cc1C(=O)NC(=S)NNC(=O)c1ccc(C(C)(C)C)cc1. The lowest BCUT2D eigenvalue weighted by Crippen LogP contribution is -2.48. The molecule has 3 N–H and O–H groups in total. The summed E-state index contributed by atoms with van der Waals surface area (Å²) in [5.41, 5.74) is 6.99. The van der Waals surface area contributed by atoms with Gasteiger partial charge in [0.15, 0.2) is 5.11 Å². The molecule has 2 amide bonds. The van der Waals surface area contributed by atoms with Crippen molar-refractivity contribution in [2.75, 3.05) is 6.61 Å². The lowest BCUT2D eigenvalue weighted by molar-refractivity contribution is 0.0933. The van der Waals surface area contributed by atoms with E-state index in [9.17, 15) is 9.59 Å². The van der Waals surface area contributed by atoms with Crippen molar-refractivity contribution >= 4 is 45.1 Å². The summed E-state index contributed by atoms with van der Waals surface area (Å²) in [5, 5.41) is 2.52. The number of hydrogen-bond acceptors (Lipinski definition) is 4. The minimum Gasteiger partial charge on any atom is -0.493 e. The van der Waals surface area contributed by atoms with Crippen LogP contribution in [0.3, 0.4) is 0 Å². The summed E-state index contributed by atoms with van der Waals surface area (Å²) in [6, 6.07) is 12.5. The molecule has 0 fully saturated rings. The molecule has 0 atom stereocenters. The molecule has 0 aromatic heterocycles. The number of benzene rings is 2. The highest BCUT2D eigenvalue weighted by Gasteiger charge is 2.16. The fourth-order valence-corrected chi connectivity index (χ4v) is 3.03. The second-order valence-corrected chi connectivity index (χ2v) is 9.00. The molecule has 6 nitrogen and oxygen atoms in total. The highest BCUT2D eigenvalue weighted by Crippen LogP contribution is 2.24. The topological polar surface area (TPSA) is 79.5 Å². The number of halogens is 1. The number of ether oxygens (including phenoxy) is 1. The van der Waals surface area contributed by atoms with Gasteiger partial charge in [0, 0.05) is 10.0 Å². The van der Waals surface area contributed by atoms with Crippen LogP contribution in [-0.4, -0.2) is 23.5 Å². The largest absolute Gasteiger partial charge is 0.493 e. The minimum absolute atomic E-state index is 0.00519. The number of carbonyl (C=O) groups is 2. The third kappa shape index (κ3) is 6.81. The van der Waals surface area contributed by atoms with E-state index in [4.69, 9.17) is 17.0 Å². The molecular weight excluding hydrogens is 466 g/mol. The first-order chi connectivity index (χ1) is 14.1. The molecule has 160 valence electrons. The molecule has 8 heteroatoms. The molecule has 0 aliphatic heterocycles. The number of hydrazine groups is 1. The maximum atomic E-state index is 12.6. The Hall–Kier alpha value is -2.45. The van der Waals surface area contributed by atoms with Crippen LogP contribution in [0.5, 0.6) is 5.75 Å². The molecule has 0 bridgehead atoms. The summed E-state index contributed by atoms with van der Waals surface area (Å²) >= 11 is 8.47. The quantitative estimate of drug-likeness (QED) is 0.424. The fourth-order valence-electron chi connectivity index (χ4n) is 2.53. The Morgan fingerprint density at radius 1 is 1.03 bits per heavy atom. The zero-order chi connectivity index (χ0) is 22.3. The molecular formula is C22H26BrN3O3S. The highest BCUT2D eigenvalue weighted by atomic mass is 79.9. The summed E-state index contributed by atoms with van der Waals surface area (Å²) in [4.78, 5) is 24.9. The van der Waals surface area contributed by atoms with Crippen molar-refractivity contribution in [2.24, 2.45) is 0 Å². The van der Waals surface area contributed by atoms with Gasteiger partial charge in [-0.25, -0.2) is 0 Å². The van der Waals surface area contributed by atoms with Crippen LogP contribution >= 0.6 is 28.1 Å². The molecule has 2 aromatic rings. The first-order valence-corrected chi connectivity index (χ1v) is 10.8. The number of amides is 2. The standard InChI is InChI=1S/C22H26BrN3O3S/c1-5-12-29-18-11-10-16(23)13-17(18)20(28)24-21(30)26-25-19(27)14-6-8-15(9-7-14)22(2,3)4/h6-11,13H,5,12H2,1-4H3,(H,25,27)(H2,24,26,28,30). The number of rotatable bonds is 5. The van der Waals surface area contributed by atoms with Gasteiger partial charge in [0.25, 0.3) is 11.8 Å². The van der Waals surface area contributed by atoms with Crippen LogP contribution in [0.15, 0.2) is 46.9 Å². The minimum atomic E-state index is -0.441. The highest BCUT2D eigenvalue weighted by molar-refractivity contribution is 9.10. The molecule has 0 saturated heterocycles. The van der Waals surface area contributed by atoms with Crippen LogP contribution in [0.25, 0.3) is 0 Å². The van der Waals surface area contributed by atoms with E-state index in [0.717, 1.165) is 16.5 Å². The van der Waals surface area contributed by atoms with Gasteiger partial charge in [0.05, 0.1) is 12.2 Å². The monoisotopic (exact) mass is 491 g/mol. The van der Waals surface area contributed by atoms with Gasteiger partial charge in [0.2, 0.25) is 0 Å². The van der Waals surface area contributed by atoms with E-state index in [0.29, 0.717) is 23.5 Å². The van der Waals surface area contributed by atoms with Crippen LogP contribution in [0.4, 0.5) is 0 Å². The van der Waals surface area contributed by atoms with E-state index in [1.165, 1.54) is 0 Å². The lowest BCUT2D eigenvalue weighted by atomic mass is 9.87. The van der Waals surface area contributed by atoms with Crippen LogP contribution in [0.1, 0.15) is 60.4 Å². The molecule has 30 heavy (non-hydrogen) atoms. The zero-order valence-corrected chi connectivity index (χ0v) is 19.9. The van der Waals surface area contributed by atoms with Gasteiger partial charge in [-0.15, -0.1) is 0 Å². The van der Waals surface area contributed by atoms with Gasteiger partial charge in [-0.05, 0) is 59.9 Å². The number of thiocarbonyl (C=S) groups is 1. The van der Waals surface area contributed by atoms with Crippen LogP contribution < -0.4 is 20.9 Å².